The van der Waals surface area contributed by atoms with Crippen LogP contribution in [0.2, 0.25) is 5.02 Å². The highest BCUT2D eigenvalue weighted by molar-refractivity contribution is 6.35. The maximum absolute atomic E-state index is 12.8. The Hall–Kier alpha value is -2.54. The van der Waals surface area contributed by atoms with Gasteiger partial charge in [0, 0.05) is 13.5 Å². The topological polar surface area (TPSA) is 75.4 Å². The van der Waals surface area contributed by atoms with Crippen molar-refractivity contribution in [3.8, 4) is 5.69 Å². The molecule has 3 aromatic rings. The second kappa shape index (κ2) is 9.98. The normalized spacial score (nSPS) is 17.1. The lowest BCUT2D eigenvalue weighted by Gasteiger charge is -2.32. The predicted octanol–water partition coefficient (Wildman–Crippen LogP) is 4.45. The van der Waals surface area contributed by atoms with E-state index in [0.29, 0.717) is 22.7 Å². The fraction of sp³-hybridized carbons (Fsp3) is 0.444. The number of carbonyl (C=O) groups excluding carboxylic acids is 1. The minimum absolute atomic E-state index is 0.264. The Balaban J connectivity index is 0.00000133. The van der Waals surface area contributed by atoms with Gasteiger partial charge in [0.2, 0.25) is 0 Å². The first-order valence-electron chi connectivity index (χ1n) is 11.9. The van der Waals surface area contributed by atoms with Crippen molar-refractivity contribution in [2.24, 2.45) is 0 Å². The summed E-state index contributed by atoms with van der Waals surface area (Å²) in [6.07, 6.45) is 4.83. The van der Waals surface area contributed by atoms with Crippen LogP contribution in [-0.2, 0) is 10.2 Å². The van der Waals surface area contributed by atoms with Crippen LogP contribution in [0.1, 0.15) is 62.4 Å². The molecule has 7 heteroatoms. The van der Waals surface area contributed by atoms with E-state index in [9.17, 15) is 9.59 Å². The standard InChI is InChI=1S/C26H28ClN3O2.CH4O/c1-26(2)19-9-8-18(17-10-13-29(14-11-17)12-3-4-15-31)16-22(19)30-21-7-5-6-20(27)23(21)24(32)28-25(26)30;1-2/h5-9,15-17H,3-4,10-14H2,1-2H3;2H,1H3. The van der Waals surface area contributed by atoms with Gasteiger partial charge in [0.05, 0.1) is 27.0 Å². The number of aromatic nitrogens is 2. The Bertz CT molecular complexity index is 1260. The van der Waals surface area contributed by atoms with Crippen LogP contribution in [0.3, 0.4) is 0 Å². The molecule has 1 fully saturated rings. The summed E-state index contributed by atoms with van der Waals surface area (Å²) in [6, 6.07) is 12.4. The second-order valence-electron chi connectivity index (χ2n) is 9.54. The van der Waals surface area contributed by atoms with Gasteiger partial charge in [0.15, 0.2) is 0 Å². The van der Waals surface area contributed by atoms with Gasteiger partial charge in [-0.1, -0.05) is 29.8 Å². The summed E-state index contributed by atoms with van der Waals surface area (Å²) >= 11 is 6.40. The highest BCUT2D eigenvalue weighted by atomic mass is 35.5. The molecule has 0 aliphatic carbocycles. The SMILES string of the molecule is CC1(C)c2ccc(C3CCN(CCCC=O)CC3)cc2-n2c1nc(=O)c1c(Cl)cccc12.CO. The summed E-state index contributed by atoms with van der Waals surface area (Å²) in [4.78, 5) is 30.3. The number of likely N-dealkylation sites (tertiary alicyclic amines) is 1. The molecule has 0 saturated carbocycles. The molecule has 1 saturated heterocycles. The number of piperidine rings is 1. The van der Waals surface area contributed by atoms with Gasteiger partial charge < -0.3 is 14.8 Å². The van der Waals surface area contributed by atoms with Gasteiger partial charge in [-0.2, -0.15) is 4.98 Å². The number of aliphatic hydroxyl groups is 1. The van der Waals surface area contributed by atoms with E-state index >= 15 is 0 Å². The van der Waals surface area contributed by atoms with Crippen molar-refractivity contribution in [2.75, 3.05) is 26.7 Å². The third kappa shape index (κ3) is 4.19. The van der Waals surface area contributed by atoms with Gasteiger partial charge in [-0.25, -0.2) is 0 Å². The minimum Gasteiger partial charge on any atom is -0.400 e. The molecule has 0 atom stereocenters. The largest absolute Gasteiger partial charge is 0.400 e. The van der Waals surface area contributed by atoms with Crippen LogP contribution >= 0.6 is 11.6 Å². The summed E-state index contributed by atoms with van der Waals surface area (Å²) in [7, 11) is 1.00. The van der Waals surface area contributed by atoms with Crippen LogP contribution in [0.25, 0.3) is 16.6 Å². The molecule has 180 valence electrons. The van der Waals surface area contributed by atoms with Crippen molar-refractivity contribution in [3.05, 3.63) is 68.7 Å². The van der Waals surface area contributed by atoms with Gasteiger partial charge in [0.1, 0.15) is 12.1 Å². The van der Waals surface area contributed by atoms with Crippen molar-refractivity contribution >= 4 is 28.8 Å². The fourth-order valence-electron chi connectivity index (χ4n) is 5.41. The molecule has 0 amide bonds. The number of benzene rings is 2. The van der Waals surface area contributed by atoms with Crippen molar-refractivity contribution in [2.45, 2.75) is 50.9 Å². The van der Waals surface area contributed by atoms with Crippen LogP contribution in [0, 0.1) is 0 Å². The molecule has 6 nitrogen and oxygen atoms in total. The lowest BCUT2D eigenvalue weighted by Crippen LogP contribution is -2.33. The maximum Gasteiger partial charge on any atom is 0.282 e. The Morgan fingerprint density at radius 2 is 1.91 bits per heavy atom. The van der Waals surface area contributed by atoms with Crippen LogP contribution < -0.4 is 5.56 Å². The summed E-state index contributed by atoms with van der Waals surface area (Å²) in [6.45, 7) is 7.39. The Morgan fingerprint density at radius 3 is 2.62 bits per heavy atom. The van der Waals surface area contributed by atoms with E-state index < -0.39 is 0 Å². The maximum atomic E-state index is 12.8. The van der Waals surface area contributed by atoms with Crippen molar-refractivity contribution in [1.82, 2.24) is 14.5 Å². The number of aliphatic hydroxyl groups excluding tert-OH is 1. The molecule has 0 radical (unpaired) electrons. The van der Waals surface area contributed by atoms with E-state index in [2.05, 4.69) is 46.5 Å². The van der Waals surface area contributed by atoms with E-state index in [1.165, 1.54) is 11.1 Å². The van der Waals surface area contributed by atoms with Gasteiger partial charge in [-0.15, -0.1) is 0 Å². The lowest BCUT2D eigenvalue weighted by molar-refractivity contribution is -0.108. The van der Waals surface area contributed by atoms with Crippen molar-refractivity contribution in [1.29, 1.82) is 0 Å². The zero-order chi connectivity index (χ0) is 24.5. The van der Waals surface area contributed by atoms with E-state index in [4.69, 9.17) is 16.7 Å². The summed E-state index contributed by atoms with van der Waals surface area (Å²) in [5.74, 6) is 1.28. The number of aldehydes is 1. The van der Waals surface area contributed by atoms with Crippen LogP contribution in [0.4, 0.5) is 0 Å². The third-order valence-corrected chi connectivity index (χ3v) is 7.53. The predicted molar refractivity (Wildman–Crippen MR) is 136 cm³/mol. The van der Waals surface area contributed by atoms with Gasteiger partial charge in [-0.3, -0.25) is 9.36 Å². The number of hydrogen-bond acceptors (Lipinski definition) is 5. The van der Waals surface area contributed by atoms with Crippen LogP contribution in [0.5, 0.6) is 0 Å². The molecule has 2 aromatic carbocycles. The molecule has 3 heterocycles. The number of carbonyl (C=O) groups is 1. The second-order valence-corrected chi connectivity index (χ2v) is 9.94. The zero-order valence-electron chi connectivity index (χ0n) is 20.1. The molecule has 0 spiro atoms. The first kappa shape index (κ1) is 24.6. The number of hydrogen-bond donors (Lipinski definition) is 1. The smallest absolute Gasteiger partial charge is 0.282 e. The van der Waals surface area contributed by atoms with E-state index in [-0.39, 0.29) is 11.0 Å². The Labute approximate surface area is 205 Å². The van der Waals surface area contributed by atoms with E-state index in [1.807, 2.05) is 12.1 Å². The third-order valence-electron chi connectivity index (χ3n) is 7.22. The molecule has 0 bridgehead atoms. The molecular weight excluding hydrogens is 450 g/mol. The average molecular weight is 482 g/mol. The molecule has 5 rings (SSSR count). The molecule has 2 aliphatic rings. The first-order valence-corrected chi connectivity index (χ1v) is 12.3. The Morgan fingerprint density at radius 1 is 1.18 bits per heavy atom. The van der Waals surface area contributed by atoms with Crippen LogP contribution in [0.15, 0.2) is 41.2 Å². The molecule has 1 aromatic heterocycles. The molecule has 2 aliphatic heterocycles. The zero-order valence-corrected chi connectivity index (χ0v) is 20.8. The number of nitrogens with zero attached hydrogens (tertiary/aromatic N) is 3. The number of rotatable bonds is 5. The number of fused-ring (bicyclic) bond motifs is 5. The number of halogens is 1. The van der Waals surface area contributed by atoms with Gasteiger partial charge >= 0.3 is 0 Å². The quantitative estimate of drug-likeness (QED) is 0.430. The first-order chi connectivity index (χ1) is 16.4. The summed E-state index contributed by atoms with van der Waals surface area (Å²) in [5.41, 5.74) is 3.84. The molecular formula is C27H32ClN3O3. The monoisotopic (exact) mass is 481 g/mol. The van der Waals surface area contributed by atoms with Gasteiger partial charge in [-0.05, 0) is 88.0 Å². The average Bonchev–Trinajstić information content (AvgIpc) is 3.07. The van der Waals surface area contributed by atoms with Gasteiger partial charge in [0.25, 0.3) is 5.56 Å². The van der Waals surface area contributed by atoms with Crippen LogP contribution in [-0.4, -0.2) is 52.6 Å². The number of unbranched alkanes of at least 4 members (excludes halogenated alkanes) is 1. The van der Waals surface area contributed by atoms with Crippen molar-refractivity contribution < 1.29 is 9.90 Å². The molecule has 0 unspecified atom stereocenters. The highest BCUT2D eigenvalue weighted by Crippen LogP contribution is 2.44. The molecule has 1 N–H and O–H groups in total. The highest BCUT2D eigenvalue weighted by Gasteiger charge is 2.39. The lowest BCUT2D eigenvalue weighted by atomic mass is 9.83. The molecule has 34 heavy (non-hydrogen) atoms. The van der Waals surface area contributed by atoms with E-state index in [1.54, 1.807) is 6.07 Å². The van der Waals surface area contributed by atoms with E-state index in [0.717, 1.165) is 69.3 Å². The van der Waals surface area contributed by atoms with Crippen molar-refractivity contribution in [3.63, 3.8) is 0 Å². The minimum atomic E-state index is -0.356. The summed E-state index contributed by atoms with van der Waals surface area (Å²) in [5, 5.41) is 7.93. The Kier molecular flexibility index (Phi) is 7.22. The summed E-state index contributed by atoms with van der Waals surface area (Å²) < 4.78 is 2.13. The fourth-order valence-corrected chi connectivity index (χ4v) is 5.67.